The van der Waals surface area contributed by atoms with Crippen LogP contribution in [0.5, 0.6) is 0 Å². The molecule has 1 heterocycles. The molecule has 1 aromatic heterocycles. The quantitative estimate of drug-likeness (QED) is 0.694. The lowest BCUT2D eigenvalue weighted by molar-refractivity contribution is 0.483. The maximum atomic E-state index is 10.5. The molecule has 2 aromatic carbocycles. The summed E-state index contributed by atoms with van der Waals surface area (Å²) < 4.78 is 29.6. The van der Waals surface area contributed by atoms with E-state index in [2.05, 4.69) is 18.0 Å². The molecule has 1 N–H and O–H groups in total. The van der Waals surface area contributed by atoms with Gasteiger partial charge in [0.1, 0.15) is 0 Å². The van der Waals surface area contributed by atoms with E-state index < -0.39 is 10.1 Å². The first-order chi connectivity index (χ1) is 10.4. The van der Waals surface area contributed by atoms with Crippen LogP contribution in [0.25, 0.3) is 10.9 Å². The molecule has 0 aliphatic carbocycles. The second kappa shape index (κ2) is 6.68. The smallest absolute Gasteiger partial charge is 0.282 e. The number of benzene rings is 2. The molecule has 5 heteroatoms. The van der Waals surface area contributed by atoms with E-state index in [0.717, 1.165) is 11.1 Å². The summed E-state index contributed by atoms with van der Waals surface area (Å²) in [5.74, 6) is 0. The van der Waals surface area contributed by atoms with E-state index in [0.29, 0.717) is 0 Å². The van der Waals surface area contributed by atoms with E-state index in [-0.39, 0.29) is 4.90 Å². The zero-order valence-corrected chi connectivity index (χ0v) is 13.2. The van der Waals surface area contributed by atoms with E-state index in [1.807, 2.05) is 37.4 Å². The fraction of sp³-hybridized carbons (Fsp3) is 0.118. The molecule has 114 valence electrons. The number of aromatic nitrogens is 1. The van der Waals surface area contributed by atoms with Gasteiger partial charge in [-0.1, -0.05) is 35.9 Å². The van der Waals surface area contributed by atoms with Crippen molar-refractivity contribution in [2.75, 3.05) is 0 Å². The van der Waals surface area contributed by atoms with Crippen molar-refractivity contribution in [3.8, 4) is 0 Å². The van der Waals surface area contributed by atoms with E-state index in [1.165, 1.54) is 23.1 Å². The Hall–Kier alpha value is -2.24. The highest BCUT2D eigenvalue weighted by Gasteiger charge is 2.06. The molecule has 0 fully saturated rings. The molecule has 0 aliphatic rings. The van der Waals surface area contributed by atoms with Crippen LogP contribution in [0.4, 0.5) is 0 Å². The molecule has 0 unspecified atom stereocenters. The minimum absolute atomic E-state index is 0.0666. The van der Waals surface area contributed by atoms with E-state index in [9.17, 15) is 8.42 Å². The van der Waals surface area contributed by atoms with Crippen LogP contribution in [0, 0.1) is 13.8 Å². The van der Waals surface area contributed by atoms with Gasteiger partial charge in [0.15, 0.2) is 0 Å². The van der Waals surface area contributed by atoms with Crippen LogP contribution in [0.15, 0.2) is 65.7 Å². The Balaban J connectivity index is 0.000000160. The van der Waals surface area contributed by atoms with Crippen LogP contribution >= 0.6 is 0 Å². The Labute approximate surface area is 130 Å². The summed E-state index contributed by atoms with van der Waals surface area (Å²) in [6.45, 7) is 3.94. The summed E-state index contributed by atoms with van der Waals surface area (Å²) in [5.41, 5.74) is 3.32. The summed E-state index contributed by atoms with van der Waals surface area (Å²) in [7, 11) is -4.02. The zero-order valence-electron chi connectivity index (χ0n) is 12.4. The fourth-order valence-electron chi connectivity index (χ4n) is 1.95. The van der Waals surface area contributed by atoms with Crippen LogP contribution in [-0.4, -0.2) is 18.0 Å². The first-order valence-electron chi connectivity index (χ1n) is 6.72. The van der Waals surface area contributed by atoms with Gasteiger partial charge in [-0.2, -0.15) is 8.42 Å². The van der Waals surface area contributed by atoms with Crippen LogP contribution in [0.1, 0.15) is 11.1 Å². The Morgan fingerprint density at radius 2 is 1.55 bits per heavy atom. The fourth-order valence-corrected chi connectivity index (χ4v) is 2.43. The Morgan fingerprint density at radius 1 is 0.909 bits per heavy atom. The van der Waals surface area contributed by atoms with Gasteiger partial charge in [-0.25, -0.2) is 0 Å². The van der Waals surface area contributed by atoms with Crippen LogP contribution in [0.3, 0.4) is 0 Å². The van der Waals surface area contributed by atoms with Gasteiger partial charge >= 0.3 is 0 Å². The molecule has 0 radical (unpaired) electrons. The summed E-state index contributed by atoms with van der Waals surface area (Å²) in [5, 5.41) is 1.25. The van der Waals surface area contributed by atoms with Gasteiger partial charge in [-0.15, -0.1) is 0 Å². The topological polar surface area (TPSA) is 67.3 Å². The monoisotopic (exact) mass is 315 g/mol. The number of nitrogens with zero attached hydrogens (tertiary/aromatic N) is 1. The second-order valence-corrected chi connectivity index (χ2v) is 6.35. The Kier molecular flexibility index (Phi) is 4.90. The average molecular weight is 315 g/mol. The Morgan fingerprint density at radius 3 is 2.14 bits per heavy atom. The molecular formula is C17H17NO3S. The van der Waals surface area contributed by atoms with E-state index in [1.54, 1.807) is 12.1 Å². The zero-order chi connectivity index (χ0) is 16.2. The molecule has 3 aromatic rings. The van der Waals surface area contributed by atoms with E-state index in [4.69, 9.17) is 4.55 Å². The van der Waals surface area contributed by atoms with Crippen molar-refractivity contribution in [3.63, 3.8) is 0 Å². The standard InChI is InChI=1S/C10H9N.C7H8O3S/c1-8-6-7-11-10-5-3-2-4-9(8)10;1-6-2-4-7(5-3-6)11(8,9)10/h2-7H,1H3;2-5H,1H3,(H,8,9,10). The van der Waals surface area contributed by atoms with Crippen molar-refractivity contribution in [3.05, 3.63) is 71.9 Å². The highest BCUT2D eigenvalue weighted by Crippen LogP contribution is 2.14. The van der Waals surface area contributed by atoms with E-state index >= 15 is 0 Å². The van der Waals surface area contributed by atoms with Crippen molar-refractivity contribution in [1.29, 1.82) is 0 Å². The molecule has 0 spiro atoms. The highest BCUT2D eigenvalue weighted by atomic mass is 32.2. The van der Waals surface area contributed by atoms with Gasteiger partial charge in [0.25, 0.3) is 10.1 Å². The predicted molar refractivity (Wildman–Crippen MR) is 87.5 cm³/mol. The molecular weight excluding hydrogens is 298 g/mol. The molecule has 0 saturated heterocycles. The second-order valence-electron chi connectivity index (χ2n) is 4.93. The van der Waals surface area contributed by atoms with Crippen molar-refractivity contribution >= 4 is 21.0 Å². The van der Waals surface area contributed by atoms with Gasteiger partial charge in [-0.05, 0) is 43.7 Å². The maximum absolute atomic E-state index is 10.5. The number of hydrogen-bond donors (Lipinski definition) is 1. The lowest BCUT2D eigenvalue weighted by atomic mass is 10.1. The Bertz CT molecular complexity index is 867. The van der Waals surface area contributed by atoms with Gasteiger partial charge < -0.3 is 0 Å². The average Bonchev–Trinajstić information content (AvgIpc) is 2.48. The summed E-state index contributed by atoms with van der Waals surface area (Å²) in [4.78, 5) is 4.18. The minimum Gasteiger partial charge on any atom is -0.282 e. The third-order valence-corrected chi connectivity index (χ3v) is 4.05. The summed E-state index contributed by atoms with van der Waals surface area (Å²) in [6, 6.07) is 16.2. The van der Waals surface area contributed by atoms with Gasteiger partial charge in [0.2, 0.25) is 0 Å². The summed E-state index contributed by atoms with van der Waals surface area (Å²) in [6.07, 6.45) is 1.84. The number of hydrogen-bond acceptors (Lipinski definition) is 3. The first kappa shape index (κ1) is 16.1. The third kappa shape index (κ3) is 4.13. The lowest BCUT2D eigenvalue weighted by Gasteiger charge is -1.97. The van der Waals surface area contributed by atoms with Crippen molar-refractivity contribution in [2.24, 2.45) is 0 Å². The lowest BCUT2D eigenvalue weighted by Crippen LogP contribution is -1.96. The predicted octanol–water partition coefficient (Wildman–Crippen LogP) is 3.78. The third-order valence-electron chi connectivity index (χ3n) is 3.19. The van der Waals surface area contributed by atoms with Crippen molar-refractivity contribution in [2.45, 2.75) is 18.7 Å². The highest BCUT2D eigenvalue weighted by molar-refractivity contribution is 7.85. The largest absolute Gasteiger partial charge is 0.294 e. The number of pyridine rings is 1. The molecule has 0 atom stereocenters. The molecule has 0 aliphatic heterocycles. The van der Waals surface area contributed by atoms with Gasteiger partial charge in [-0.3, -0.25) is 9.54 Å². The van der Waals surface area contributed by atoms with Crippen molar-refractivity contribution in [1.82, 2.24) is 4.98 Å². The number of fused-ring (bicyclic) bond motifs is 1. The van der Waals surface area contributed by atoms with Gasteiger partial charge in [0.05, 0.1) is 10.4 Å². The number of aryl methyl sites for hydroxylation is 2. The summed E-state index contributed by atoms with van der Waals surface area (Å²) >= 11 is 0. The molecule has 4 nitrogen and oxygen atoms in total. The van der Waals surface area contributed by atoms with Crippen LogP contribution in [-0.2, 0) is 10.1 Å². The van der Waals surface area contributed by atoms with Crippen LogP contribution < -0.4 is 0 Å². The molecule has 0 saturated carbocycles. The minimum atomic E-state index is -4.02. The SMILES string of the molecule is Cc1ccc(S(=O)(=O)O)cc1.Cc1ccnc2ccccc12. The van der Waals surface area contributed by atoms with Gasteiger partial charge in [0, 0.05) is 11.6 Å². The first-order valence-corrected chi connectivity index (χ1v) is 8.16. The normalized spacial score (nSPS) is 10.9. The van der Waals surface area contributed by atoms with Crippen molar-refractivity contribution < 1.29 is 13.0 Å². The maximum Gasteiger partial charge on any atom is 0.294 e. The number of para-hydroxylation sites is 1. The number of rotatable bonds is 1. The molecule has 0 amide bonds. The molecule has 0 bridgehead atoms. The van der Waals surface area contributed by atoms with Crippen LogP contribution in [0.2, 0.25) is 0 Å². The molecule has 22 heavy (non-hydrogen) atoms. The molecule has 3 rings (SSSR count).